The smallest absolute Gasteiger partial charge is 0.243 e. The molecular formula is C31H38N2O2S. The van der Waals surface area contributed by atoms with E-state index in [2.05, 4.69) is 56.4 Å². The second kappa shape index (κ2) is 13.9. The summed E-state index contributed by atoms with van der Waals surface area (Å²) in [6.45, 7) is 9.25. The summed E-state index contributed by atoms with van der Waals surface area (Å²) in [7, 11) is 0. The number of aryl methyl sites for hydroxylation is 2. The van der Waals surface area contributed by atoms with Crippen LogP contribution in [0.3, 0.4) is 0 Å². The van der Waals surface area contributed by atoms with Gasteiger partial charge < -0.3 is 10.2 Å². The quantitative estimate of drug-likeness (QED) is 0.333. The zero-order chi connectivity index (χ0) is 25.9. The van der Waals surface area contributed by atoms with Crippen LogP contribution in [0.4, 0.5) is 0 Å². The molecule has 36 heavy (non-hydrogen) atoms. The lowest BCUT2D eigenvalue weighted by Gasteiger charge is -2.32. The van der Waals surface area contributed by atoms with Gasteiger partial charge in [-0.1, -0.05) is 104 Å². The molecular weight excluding hydrogens is 464 g/mol. The van der Waals surface area contributed by atoms with Crippen LogP contribution in [-0.4, -0.2) is 35.1 Å². The lowest BCUT2D eigenvalue weighted by atomic mass is 10.0. The van der Waals surface area contributed by atoms with E-state index in [0.29, 0.717) is 31.2 Å². The Hall–Kier alpha value is -3.05. The van der Waals surface area contributed by atoms with Crippen molar-refractivity contribution in [3.8, 4) is 0 Å². The minimum Gasteiger partial charge on any atom is -0.354 e. The van der Waals surface area contributed by atoms with Crippen LogP contribution in [-0.2, 0) is 28.3 Å². The Bertz CT molecular complexity index is 1110. The molecule has 1 unspecified atom stereocenters. The zero-order valence-corrected chi connectivity index (χ0v) is 22.7. The number of hydrogen-bond donors (Lipinski definition) is 1. The highest BCUT2D eigenvalue weighted by atomic mass is 32.2. The summed E-state index contributed by atoms with van der Waals surface area (Å²) >= 11 is 1.60. The van der Waals surface area contributed by atoms with Crippen molar-refractivity contribution in [2.75, 3.05) is 12.3 Å². The summed E-state index contributed by atoms with van der Waals surface area (Å²) in [6.07, 6.45) is 0.477. The maximum atomic E-state index is 13.7. The summed E-state index contributed by atoms with van der Waals surface area (Å²) in [5.74, 6) is 1.29. The molecule has 0 aliphatic rings. The molecule has 0 aliphatic carbocycles. The Morgan fingerprint density at radius 3 is 2.19 bits per heavy atom. The van der Waals surface area contributed by atoms with E-state index in [1.165, 1.54) is 16.7 Å². The molecule has 5 heteroatoms. The summed E-state index contributed by atoms with van der Waals surface area (Å²) in [4.78, 5) is 28.9. The second-order valence-corrected chi connectivity index (χ2v) is 10.8. The van der Waals surface area contributed by atoms with Gasteiger partial charge in [-0.3, -0.25) is 9.59 Å². The number of carbonyl (C=O) groups is 2. The van der Waals surface area contributed by atoms with Gasteiger partial charge in [-0.15, -0.1) is 11.8 Å². The van der Waals surface area contributed by atoms with E-state index in [1.807, 2.05) is 55.5 Å². The number of carbonyl (C=O) groups excluding carboxylic acids is 2. The molecule has 0 bridgehead atoms. The average Bonchev–Trinajstić information content (AvgIpc) is 2.86. The molecule has 3 aromatic rings. The van der Waals surface area contributed by atoms with E-state index in [9.17, 15) is 9.59 Å². The third-order valence-corrected chi connectivity index (χ3v) is 6.99. The molecule has 0 spiro atoms. The first kappa shape index (κ1) is 27.5. The van der Waals surface area contributed by atoms with E-state index >= 15 is 0 Å². The molecule has 0 heterocycles. The van der Waals surface area contributed by atoms with Gasteiger partial charge in [0, 0.05) is 25.3 Å². The van der Waals surface area contributed by atoms with Crippen LogP contribution >= 0.6 is 11.8 Å². The van der Waals surface area contributed by atoms with Crippen LogP contribution in [0.2, 0.25) is 0 Å². The van der Waals surface area contributed by atoms with Crippen LogP contribution < -0.4 is 5.32 Å². The molecule has 3 aromatic carbocycles. The maximum Gasteiger partial charge on any atom is 0.243 e. The molecule has 0 radical (unpaired) electrons. The minimum absolute atomic E-state index is 0.0196. The lowest BCUT2D eigenvalue weighted by molar-refractivity contribution is -0.139. The molecule has 1 N–H and O–H groups in total. The Morgan fingerprint density at radius 2 is 1.53 bits per heavy atom. The molecule has 0 aliphatic heterocycles. The van der Waals surface area contributed by atoms with Gasteiger partial charge in [0.1, 0.15) is 6.04 Å². The number of hydrogen-bond acceptors (Lipinski definition) is 3. The summed E-state index contributed by atoms with van der Waals surface area (Å²) in [5.41, 5.74) is 5.64. The number of amides is 2. The van der Waals surface area contributed by atoms with Gasteiger partial charge in [-0.25, -0.2) is 0 Å². The van der Waals surface area contributed by atoms with Gasteiger partial charge in [-0.2, -0.15) is 0 Å². The molecule has 190 valence electrons. The number of benzene rings is 3. The fourth-order valence-electron chi connectivity index (χ4n) is 4.01. The highest BCUT2D eigenvalue weighted by Crippen LogP contribution is 2.19. The van der Waals surface area contributed by atoms with E-state index in [4.69, 9.17) is 0 Å². The van der Waals surface area contributed by atoms with Crippen molar-refractivity contribution in [3.05, 3.63) is 107 Å². The van der Waals surface area contributed by atoms with Crippen LogP contribution in [0, 0.1) is 19.8 Å². The predicted octanol–water partition coefficient (Wildman–Crippen LogP) is 5.95. The van der Waals surface area contributed by atoms with Crippen molar-refractivity contribution in [3.63, 3.8) is 0 Å². The Labute approximate surface area is 220 Å². The molecule has 2 amide bonds. The molecule has 0 aromatic heterocycles. The maximum absolute atomic E-state index is 13.7. The van der Waals surface area contributed by atoms with Crippen molar-refractivity contribution >= 4 is 23.6 Å². The first-order valence-electron chi connectivity index (χ1n) is 12.6. The normalized spacial score (nSPS) is 11.8. The number of rotatable bonds is 12. The Kier molecular flexibility index (Phi) is 10.6. The van der Waals surface area contributed by atoms with Crippen LogP contribution in [0.1, 0.15) is 41.7 Å². The van der Waals surface area contributed by atoms with Crippen molar-refractivity contribution < 1.29 is 9.59 Å². The third kappa shape index (κ3) is 8.87. The van der Waals surface area contributed by atoms with Gasteiger partial charge in [0.05, 0.1) is 5.75 Å². The van der Waals surface area contributed by atoms with Crippen LogP contribution in [0.15, 0.2) is 78.9 Å². The molecule has 4 nitrogen and oxygen atoms in total. The standard InChI is InChI=1S/C31H38N2O2S/c1-23(2)19-32-31(35)29(18-26-10-6-5-7-11-26)33(20-27-15-13-24(3)14-16-27)30(34)22-36-21-28-12-8-9-25(4)17-28/h5-17,23,29H,18-22H2,1-4H3,(H,32,35). The van der Waals surface area contributed by atoms with Crippen LogP contribution in [0.5, 0.6) is 0 Å². The SMILES string of the molecule is Cc1ccc(CN(C(=O)CSCc2cccc(C)c2)C(Cc2ccccc2)C(=O)NCC(C)C)cc1. The van der Waals surface area contributed by atoms with Crippen LogP contribution in [0.25, 0.3) is 0 Å². The fourth-order valence-corrected chi connectivity index (χ4v) is 4.87. The second-order valence-electron chi connectivity index (χ2n) is 9.83. The molecule has 0 fully saturated rings. The number of nitrogens with zero attached hydrogens (tertiary/aromatic N) is 1. The van der Waals surface area contributed by atoms with Gasteiger partial charge in [0.15, 0.2) is 0 Å². The van der Waals surface area contributed by atoms with Crippen molar-refractivity contribution in [1.82, 2.24) is 10.2 Å². The van der Waals surface area contributed by atoms with E-state index in [0.717, 1.165) is 16.9 Å². The fraction of sp³-hybridized carbons (Fsp3) is 0.355. The number of nitrogens with one attached hydrogen (secondary N) is 1. The molecule has 0 saturated heterocycles. The van der Waals surface area contributed by atoms with Gasteiger partial charge in [0.25, 0.3) is 0 Å². The average molecular weight is 503 g/mol. The highest BCUT2D eigenvalue weighted by molar-refractivity contribution is 7.99. The molecule has 3 rings (SSSR count). The Morgan fingerprint density at radius 1 is 0.833 bits per heavy atom. The molecule has 1 atom stereocenters. The summed E-state index contributed by atoms with van der Waals surface area (Å²) in [6, 6.07) is 25.9. The largest absolute Gasteiger partial charge is 0.354 e. The van der Waals surface area contributed by atoms with Gasteiger partial charge in [-0.05, 0) is 36.5 Å². The Balaban J connectivity index is 1.83. The first-order chi connectivity index (χ1) is 17.3. The lowest BCUT2D eigenvalue weighted by Crippen LogP contribution is -2.51. The van der Waals surface area contributed by atoms with E-state index in [-0.39, 0.29) is 11.8 Å². The van der Waals surface area contributed by atoms with E-state index < -0.39 is 6.04 Å². The first-order valence-corrected chi connectivity index (χ1v) is 13.8. The monoisotopic (exact) mass is 502 g/mol. The van der Waals surface area contributed by atoms with Gasteiger partial charge >= 0.3 is 0 Å². The summed E-state index contributed by atoms with van der Waals surface area (Å²) in [5, 5.41) is 3.08. The zero-order valence-electron chi connectivity index (χ0n) is 21.9. The predicted molar refractivity (Wildman–Crippen MR) is 151 cm³/mol. The topological polar surface area (TPSA) is 49.4 Å². The van der Waals surface area contributed by atoms with Crippen molar-refractivity contribution in [2.45, 2.75) is 52.5 Å². The minimum atomic E-state index is -0.584. The molecule has 0 saturated carbocycles. The number of thioether (sulfide) groups is 1. The highest BCUT2D eigenvalue weighted by Gasteiger charge is 2.30. The van der Waals surface area contributed by atoms with E-state index in [1.54, 1.807) is 16.7 Å². The third-order valence-electron chi connectivity index (χ3n) is 6.01. The summed E-state index contributed by atoms with van der Waals surface area (Å²) < 4.78 is 0. The van der Waals surface area contributed by atoms with Crippen molar-refractivity contribution in [1.29, 1.82) is 0 Å². The van der Waals surface area contributed by atoms with Crippen molar-refractivity contribution in [2.24, 2.45) is 5.92 Å². The van der Waals surface area contributed by atoms with Gasteiger partial charge in [0.2, 0.25) is 11.8 Å².